The van der Waals surface area contributed by atoms with E-state index < -0.39 is 29.0 Å². The molecule has 0 aromatic carbocycles. The van der Waals surface area contributed by atoms with Crippen LogP contribution in [0.1, 0.15) is 54.4 Å². The molecule has 2 amide bonds. The van der Waals surface area contributed by atoms with Crippen LogP contribution >= 0.6 is 0 Å². The molecule has 0 aromatic heterocycles. The van der Waals surface area contributed by atoms with Crippen molar-refractivity contribution in [2.75, 3.05) is 6.54 Å². The van der Waals surface area contributed by atoms with Crippen LogP contribution < -0.4 is 10.6 Å². The molecule has 2 N–H and O–H groups in total. The second kappa shape index (κ2) is 7.33. The van der Waals surface area contributed by atoms with E-state index in [1.807, 2.05) is 5.32 Å². The predicted octanol–water partition coefficient (Wildman–Crippen LogP) is 3.02. The van der Waals surface area contributed by atoms with E-state index in [9.17, 15) is 22.8 Å². The highest BCUT2D eigenvalue weighted by molar-refractivity contribution is 5.81. The van der Waals surface area contributed by atoms with Gasteiger partial charge in [0.15, 0.2) is 0 Å². The molecule has 0 unspecified atom stereocenters. The van der Waals surface area contributed by atoms with Crippen LogP contribution in [0.5, 0.6) is 0 Å². The topological polar surface area (TPSA) is 58.2 Å². The molecule has 0 saturated carbocycles. The largest absolute Gasteiger partial charge is 0.409 e. The molecule has 0 saturated heterocycles. The lowest BCUT2D eigenvalue weighted by molar-refractivity contribution is -0.180. The highest BCUT2D eigenvalue weighted by Crippen LogP contribution is 2.33. The summed E-state index contributed by atoms with van der Waals surface area (Å²) < 4.78 is 38.8. The van der Waals surface area contributed by atoms with Gasteiger partial charge in [-0.25, -0.2) is 0 Å². The Balaban J connectivity index is 4.31. The van der Waals surface area contributed by atoms with Crippen molar-refractivity contribution in [3.63, 3.8) is 0 Å². The zero-order chi connectivity index (χ0) is 17.8. The third-order valence-corrected chi connectivity index (χ3v) is 3.05. The smallest absolute Gasteiger partial charge is 0.356 e. The Morgan fingerprint density at radius 2 is 1.50 bits per heavy atom. The van der Waals surface area contributed by atoms with E-state index in [1.54, 1.807) is 20.8 Å². The van der Waals surface area contributed by atoms with Gasteiger partial charge in [-0.15, -0.1) is 0 Å². The van der Waals surface area contributed by atoms with Crippen molar-refractivity contribution < 1.29 is 22.8 Å². The van der Waals surface area contributed by atoms with Gasteiger partial charge in [-0.05, 0) is 11.8 Å². The predicted molar refractivity (Wildman–Crippen MR) is 79.1 cm³/mol. The molecule has 0 radical (unpaired) electrons. The van der Waals surface area contributed by atoms with Crippen LogP contribution in [0.15, 0.2) is 0 Å². The van der Waals surface area contributed by atoms with Gasteiger partial charge in [0, 0.05) is 18.4 Å². The number of nitrogens with one attached hydrogen (secondary N) is 2. The van der Waals surface area contributed by atoms with E-state index in [0.29, 0.717) is 6.42 Å². The number of alkyl halides is 3. The van der Waals surface area contributed by atoms with E-state index in [0.717, 1.165) is 0 Å². The van der Waals surface area contributed by atoms with Gasteiger partial charge < -0.3 is 10.6 Å². The molecule has 130 valence electrons. The van der Waals surface area contributed by atoms with Crippen molar-refractivity contribution in [1.29, 1.82) is 0 Å². The lowest BCUT2D eigenvalue weighted by Gasteiger charge is -2.33. The van der Waals surface area contributed by atoms with E-state index in [4.69, 9.17) is 0 Å². The number of amides is 2. The molecule has 0 aliphatic heterocycles. The standard InChI is InChI=1S/C15H27F3N2O2/c1-13(2,3)11(15(16,17)18)20-10(21)8-7-9-19-12(22)14(4,5)6/h11H,7-9H2,1-6H3,(H,19,22)(H,20,21)/t11-/m1/s1. The molecule has 0 aromatic rings. The first-order valence-electron chi connectivity index (χ1n) is 7.30. The molecular formula is C15H27F3N2O2. The van der Waals surface area contributed by atoms with Crippen molar-refractivity contribution in [1.82, 2.24) is 10.6 Å². The maximum atomic E-state index is 12.9. The molecule has 0 rings (SSSR count). The van der Waals surface area contributed by atoms with Crippen LogP contribution in [-0.2, 0) is 9.59 Å². The molecule has 1 atom stereocenters. The molecule has 7 heteroatoms. The Bertz CT molecular complexity index is 379. The van der Waals surface area contributed by atoms with Gasteiger partial charge in [-0.3, -0.25) is 9.59 Å². The maximum absolute atomic E-state index is 12.9. The molecular weight excluding hydrogens is 297 g/mol. The summed E-state index contributed by atoms with van der Waals surface area (Å²) in [5.74, 6) is -0.821. The zero-order valence-electron chi connectivity index (χ0n) is 14.1. The summed E-state index contributed by atoms with van der Waals surface area (Å²) >= 11 is 0. The van der Waals surface area contributed by atoms with Crippen molar-refractivity contribution >= 4 is 11.8 Å². The molecule has 0 aliphatic carbocycles. The van der Waals surface area contributed by atoms with Gasteiger partial charge in [0.05, 0.1) is 0 Å². The Kier molecular flexibility index (Phi) is 6.91. The molecule has 0 aliphatic rings. The number of rotatable bonds is 5. The van der Waals surface area contributed by atoms with Crippen molar-refractivity contribution in [2.24, 2.45) is 10.8 Å². The molecule has 4 nitrogen and oxygen atoms in total. The Hall–Kier alpha value is -1.27. The summed E-state index contributed by atoms with van der Waals surface area (Å²) in [7, 11) is 0. The monoisotopic (exact) mass is 324 g/mol. The number of hydrogen-bond acceptors (Lipinski definition) is 2. The number of carbonyl (C=O) groups is 2. The summed E-state index contributed by atoms with van der Waals surface area (Å²) in [6.07, 6.45) is -4.26. The minimum atomic E-state index is -4.49. The van der Waals surface area contributed by atoms with Crippen LogP contribution in [0.25, 0.3) is 0 Å². The van der Waals surface area contributed by atoms with Gasteiger partial charge in [0.1, 0.15) is 6.04 Å². The van der Waals surface area contributed by atoms with Gasteiger partial charge in [-0.1, -0.05) is 41.5 Å². The number of hydrogen-bond donors (Lipinski definition) is 2. The fourth-order valence-corrected chi connectivity index (χ4v) is 1.74. The molecule has 0 bridgehead atoms. The van der Waals surface area contributed by atoms with Crippen molar-refractivity contribution in [3.8, 4) is 0 Å². The first-order chi connectivity index (χ1) is 9.65. The molecule has 0 fully saturated rings. The Morgan fingerprint density at radius 3 is 1.86 bits per heavy atom. The third-order valence-electron chi connectivity index (χ3n) is 3.05. The van der Waals surface area contributed by atoms with E-state index in [2.05, 4.69) is 5.32 Å². The van der Waals surface area contributed by atoms with Gasteiger partial charge >= 0.3 is 6.18 Å². The second-order valence-electron chi connectivity index (χ2n) is 7.52. The normalized spacial score (nSPS) is 14.4. The zero-order valence-corrected chi connectivity index (χ0v) is 14.1. The Morgan fingerprint density at radius 1 is 1.00 bits per heavy atom. The van der Waals surface area contributed by atoms with E-state index in [-0.39, 0.29) is 18.9 Å². The fraction of sp³-hybridized carbons (Fsp3) is 0.867. The first-order valence-corrected chi connectivity index (χ1v) is 7.30. The van der Waals surface area contributed by atoms with E-state index >= 15 is 0 Å². The van der Waals surface area contributed by atoms with Gasteiger partial charge in [-0.2, -0.15) is 13.2 Å². The van der Waals surface area contributed by atoms with Crippen LogP contribution in [0, 0.1) is 10.8 Å². The SMILES string of the molecule is CC(C)(C)C(=O)NCCCC(=O)N[C@H](C(C)(C)C)C(F)(F)F. The van der Waals surface area contributed by atoms with Crippen molar-refractivity contribution in [3.05, 3.63) is 0 Å². The average Bonchev–Trinajstić information content (AvgIpc) is 2.27. The minimum Gasteiger partial charge on any atom is -0.356 e. The summed E-state index contributed by atoms with van der Waals surface area (Å²) in [6, 6.07) is -1.89. The summed E-state index contributed by atoms with van der Waals surface area (Å²) in [4.78, 5) is 23.3. The maximum Gasteiger partial charge on any atom is 0.409 e. The van der Waals surface area contributed by atoms with Crippen LogP contribution in [-0.4, -0.2) is 30.6 Å². The average molecular weight is 324 g/mol. The summed E-state index contributed by atoms with van der Waals surface area (Å²) in [6.45, 7) is 9.81. The highest BCUT2D eigenvalue weighted by atomic mass is 19.4. The quantitative estimate of drug-likeness (QED) is 0.764. The number of carbonyl (C=O) groups excluding carboxylic acids is 2. The first kappa shape index (κ1) is 20.7. The van der Waals surface area contributed by atoms with Crippen LogP contribution in [0.4, 0.5) is 13.2 Å². The van der Waals surface area contributed by atoms with E-state index in [1.165, 1.54) is 20.8 Å². The number of halogens is 3. The van der Waals surface area contributed by atoms with Crippen LogP contribution in [0.2, 0.25) is 0 Å². The fourth-order valence-electron chi connectivity index (χ4n) is 1.74. The van der Waals surface area contributed by atoms with Gasteiger partial charge in [0.25, 0.3) is 0 Å². The van der Waals surface area contributed by atoms with Gasteiger partial charge in [0.2, 0.25) is 11.8 Å². The lowest BCUT2D eigenvalue weighted by atomic mass is 9.86. The highest BCUT2D eigenvalue weighted by Gasteiger charge is 2.47. The molecule has 0 spiro atoms. The second-order valence-corrected chi connectivity index (χ2v) is 7.52. The van der Waals surface area contributed by atoms with Crippen molar-refractivity contribution in [2.45, 2.75) is 66.6 Å². The summed E-state index contributed by atoms with van der Waals surface area (Å²) in [5, 5.41) is 4.69. The lowest BCUT2D eigenvalue weighted by Crippen LogP contribution is -2.53. The Labute approximate surface area is 130 Å². The molecule has 22 heavy (non-hydrogen) atoms. The summed E-state index contributed by atoms with van der Waals surface area (Å²) in [5.41, 5.74) is -1.65. The third kappa shape index (κ3) is 7.66. The molecule has 0 heterocycles. The minimum absolute atomic E-state index is 0.0624. The van der Waals surface area contributed by atoms with Crippen LogP contribution in [0.3, 0.4) is 0 Å².